The summed E-state index contributed by atoms with van der Waals surface area (Å²) in [6.45, 7) is 2.02. The number of anilines is 2. The number of sulfonamides is 1. The Morgan fingerprint density at radius 3 is 2.63 bits per heavy atom. The van der Waals surface area contributed by atoms with Crippen LogP contribution in [0.2, 0.25) is 0 Å². The van der Waals surface area contributed by atoms with Crippen molar-refractivity contribution in [3.8, 4) is 11.5 Å². The largest absolute Gasteiger partial charge is 0.486 e. The van der Waals surface area contributed by atoms with Crippen LogP contribution in [-0.2, 0) is 24.7 Å². The molecular weight excluding hydrogens is 434 g/mol. The summed E-state index contributed by atoms with van der Waals surface area (Å²) in [5, 5.41) is 3.70. The first kappa shape index (κ1) is 20.2. The number of nitrogens with zero attached hydrogens (tertiary/aromatic N) is 1. The third-order valence-corrected chi connectivity index (χ3v) is 7.95. The Labute approximate surface area is 172 Å². The van der Waals surface area contributed by atoms with E-state index in [0.717, 1.165) is 12.4 Å². The van der Waals surface area contributed by atoms with Crippen LogP contribution in [0, 0.1) is 0 Å². The van der Waals surface area contributed by atoms with E-state index in [1.54, 1.807) is 18.2 Å². The van der Waals surface area contributed by atoms with Crippen molar-refractivity contribution in [3.05, 3.63) is 36.4 Å². The molecule has 0 bridgehead atoms. The molecule has 0 saturated carbocycles. The zero-order valence-corrected chi connectivity index (χ0v) is 17.3. The van der Waals surface area contributed by atoms with Crippen LogP contribution in [-0.4, -0.2) is 47.5 Å². The van der Waals surface area contributed by atoms with Gasteiger partial charge in [0.1, 0.15) is 29.7 Å². The van der Waals surface area contributed by atoms with E-state index in [2.05, 4.69) is 15.0 Å². The fourth-order valence-corrected chi connectivity index (χ4v) is 5.29. The average molecular weight is 451 g/mol. The number of carbonyl (C=O) groups excluding carboxylic acids is 1. The second kappa shape index (κ2) is 7.29. The lowest BCUT2D eigenvalue weighted by Crippen LogP contribution is -2.32. The average Bonchev–Trinajstić information content (AvgIpc) is 2.72. The van der Waals surface area contributed by atoms with Gasteiger partial charge in [-0.2, -0.15) is 8.42 Å². The van der Waals surface area contributed by atoms with Gasteiger partial charge in [0.05, 0.1) is 10.6 Å². The Morgan fingerprint density at radius 2 is 1.87 bits per heavy atom. The van der Waals surface area contributed by atoms with E-state index in [-0.39, 0.29) is 15.5 Å². The molecule has 12 heteroatoms. The molecule has 4 rings (SSSR count). The molecule has 0 unspecified atom stereocenters. The summed E-state index contributed by atoms with van der Waals surface area (Å²) >= 11 is 0. The molecule has 0 saturated heterocycles. The number of rotatable bonds is 4. The zero-order valence-electron chi connectivity index (χ0n) is 15.7. The highest BCUT2D eigenvalue weighted by atomic mass is 32.2. The fraction of sp³-hybridized carbons (Fsp3) is 0.222. The van der Waals surface area contributed by atoms with Gasteiger partial charge in [0.25, 0.3) is 10.0 Å². The molecule has 10 nitrogen and oxygen atoms in total. The minimum Gasteiger partial charge on any atom is -0.486 e. The van der Waals surface area contributed by atoms with E-state index in [4.69, 9.17) is 9.47 Å². The van der Waals surface area contributed by atoms with Crippen LogP contribution in [0.25, 0.3) is 0 Å². The van der Waals surface area contributed by atoms with Crippen LogP contribution in [0.1, 0.15) is 6.92 Å². The van der Waals surface area contributed by atoms with E-state index >= 15 is 0 Å². The lowest BCUT2D eigenvalue weighted by molar-refractivity contribution is -0.115. The molecule has 30 heavy (non-hydrogen) atoms. The smallest absolute Gasteiger partial charge is 0.285 e. The Kier molecular flexibility index (Phi) is 4.90. The molecule has 2 aliphatic rings. The van der Waals surface area contributed by atoms with Crippen molar-refractivity contribution >= 4 is 43.5 Å². The van der Waals surface area contributed by atoms with Crippen LogP contribution in [0.4, 0.5) is 11.4 Å². The van der Waals surface area contributed by atoms with Crippen LogP contribution >= 0.6 is 0 Å². The van der Waals surface area contributed by atoms with Gasteiger partial charge in [0.2, 0.25) is 5.91 Å². The Morgan fingerprint density at radius 1 is 1.13 bits per heavy atom. The Hall–Kier alpha value is -3.12. The van der Waals surface area contributed by atoms with Crippen LogP contribution in [0.15, 0.2) is 50.6 Å². The Bertz CT molecular complexity index is 1270. The molecule has 158 valence electrons. The maximum Gasteiger partial charge on any atom is 0.285 e. The molecule has 0 fully saturated rings. The number of benzene rings is 2. The third-order valence-electron chi connectivity index (χ3n) is 4.62. The summed E-state index contributed by atoms with van der Waals surface area (Å²) < 4.78 is 64.2. The first-order chi connectivity index (χ1) is 14.2. The molecule has 2 heterocycles. The Balaban J connectivity index is 1.58. The standard InChI is InChI=1S/C18H17N3O7S2/c1-11(18(22)21-12-2-5-15-16(8-12)28-7-6-27-15)29(23,24)13-3-4-14-17(9-13)30(25,26)20-10-19-14/h2-5,8-11H,6-7H2,1H3,(H,19,20)(H,21,22)/t11-/m1/s1. The van der Waals surface area contributed by atoms with Crippen molar-refractivity contribution in [1.29, 1.82) is 0 Å². The monoisotopic (exact) mass is 451 g/mol. The van der Waals surface area contributed by atoms with Gasteiger partial charge in [-0.15, -0.1) is 4.40 Å². The molecule has 2 aromatic rings. The maximum absolute atomic E-state index is 12.9. The number of carbonyl (C=O) groups is 1. The summed E-state index contributed by atoms with van der Waals surface area (Å²) in [5.74, 6) is 0.206. The molecule has 0 spiro atoms. The highest BCUT2D eigenvalue weighted by Gasteiger charge is 2.32. The normalized spacial score (nSPS) is 17.4. The molecule has 0 radical (unpaired) electrons. The van der Waals surface area contributed by atoms with Gasteiger partial charge in [0.15, 0.2) is 21.3 Å². The van der Waals surface area contributed by atoms with Gasteiger partial charge in [-0.05, 0) is 37.3 Å². The van der Waals surface area contributed by atoms with Crippen molar-refractivity contribution in [3.63, 3.8) is 0 Å². The summed E-state index contributed by atoms with van der Waals surface area (Å²) in [6.07, 6.45) is 1.01. The van der Waals surface area contributed by atoms with E-state index in [1.165, 1.54) is 19.1 Å². The van der Waals surface area contributed by atoms with Gasteiger partial charge in [-0.3, -0.25) is 4.79 Å². The molecular formula is C18H17N3O7S2. The minimum atomic E-state index is -4.17. The number of sulfone groups is 1. The lowest BCUT2D eigenvalue weighted by Gasteiger charge is -2.20. The van der Waals surface area contributed by atoms with Crippen molar-refractivity contribution in [1.82, 2.24) is 0 Å². The molecule has 1 atom stereocenters. The summed E-state index contributed by atoms with van der Waals surface area (Å²) in [5.41, 5.74) is 0.551. The van der Waals surface area contributed by atoms with Gasteiger partial charge < -0.3 is 20.1 Å². The lowest BCUT2D eigenvalue weighted by atomic mass is 10.2. The zero-order chi connectivity index (χ0) is 21.5. The van der Waals surface area contributed by atoms with Crippen LogP contribution in [0.5, 0.6) is 11.5 Å². The molecule has 1 amide bonds. The number of fused-ring (bicyclic) bond motifs is 2. The molecule has 0 aliphatic carbocycles. The third kappa shape index (κ3) is 3.59. The topological polar surface area (TPSA) is 140 Å². The number of hydrogen-bond acceptors (Lipinski definition) is 8. The van der Waals surface area contributed by atoms with Gasteiger partial charge >= 0.3 is 0 Å². The van der Waals surface area contributed by atoms with E-state index < -0.39 is 31.0 Å². The second-order valence-corrected chi connectivity index (χ2v) is 10.4. The van der Waals surface area contributed by atoms with E-state index in [0.29, 0.717) is 30.4 Å². The van der Waals surface area contributed by atoms with Crippen molar-refractivity contribution in [2.24, 2.45) is 4.40 Å². The number of nitrogens with one attached hydrogen (secondary N) is 2. The fourth-order valence-electron chi connectivity index (χ4n) is 2.94. The van der Waals surface area contributed by atoms with Gasteiger partial charge in [-0.25, -0.2) is 8.42 Å². The van der Waals surface area contributed by atoms with Crippen LogP contribution < -0.4 is 20.1 Å². The molecule has 0 aromatic heterocycles. The van der Waals surface area contributed by atoms with Gasteiger partial charge in [0, 0.05) is 11.8 Å². The van der Waals surface area contributed by atoms with E-state index in [9.17, 15) is 21.6 Å². The molecule has 2 N–H and O–H groups in total. The highest BCUT2D eigenvalue weighted by molar-refractivity contribution is 7.93. The summed E-state index contributed by atoms with van der Waals surface area (Å²) in [7, 11) is -8.18. The number of amides is 1. The maximum atomic E-state index is 12.9. The first-order valence-corrected chi connectivity index (χ1v) is 11.8. The van der Waals surface area contributed by atoms with Gasteiger partial charge in [-0.1, -0.05) is 0 Å². The van der Waals surface area contributed by atoms with Crippen molar-refractivity contribution in [2.75, 3.05) is 23.8 Å². The predicted octanol–water partition coefficient (Wildman–Crippen LogP) is 1.40. The minimum absolute atomic E-state index is 0.206. The highest BCUT2D eigenvalue weighted by Crippen LogP contribution is 2.33. The number of hydrogen-bond donors (Lipinski definition) is 2. The van der Waals surface area contributed by atoms with Crippen molar-refractivity contribution < 1.29 is 31.1 Å². The SMILES string of the molecule is C[C@H](C(=O)Nc1ccc2c(c1)OCCO2)S(=O)(=O)c1ccc2c(c1)S(=O)(=O)N=CN2. The van der Waals surface area contributed by atoms with Crippen molar-refractivity contribution in [2.45, 2.75) is 22.0 Å². The number of ether oxygens (including phenoxy) is 2. The second-order valence-electron chi connectivity index (χ2n) is 6.55. The molecule has 2 aromatic carbocycles. The van der Waals surface area contributed by atoms with E-state index in [1.807, 2.05) is 0 Å². The summed E-state index contributed by atoms with van der Waals surface area (Å²) in [4.78, 5) is 12.0. The first-order valence-electron chi connectivity index (χ1n) is 8.82. The summed E-state index contributed by atoms with van der Waals surface area (Å²) in [6, 6.07) is 8.28. The van der Waals surface area contributed by atoms with Crippen LogP contribution in [0.3, 0.4) is 0 Å². The molecule has 2 aliphatic heterocycles. The predicted molar refractivity (Wildman–Crippen MR) is 108 cm³/mol. The quantitative estimate of drug-likeness (QED) is 0.711.